The summed E-state index contributed by atoms with van der Waals surface area (Å²) in [4.78, 5) is 31.4. The van der Waals surface area contributed by atoms with Crippen molar-refractivity contribution in [1.82, 2.24) is 19.9 Å². The van der Waals surface area contributed by atoms with E-state index in [0.29, 0.717) is 16.8 Å². The first-order chi connectivity index (χ1) is 13.6. The lowest BCUT2D eigenvalue weighted by Crippen LogP contribution is -2.41. The van der Waals surface area contributed by atoms with Gasteiger partial charge in [0.15, 0.2) is 5.96 Å². The number of hydrogen-bond acceptors (Lipinski definition) is 6. The Morgan fingerprint density at radius 3 is 2.50 bits per heavy atom. The summed E-state index contributed by atoms with van der Waals surface area (Å²) in [5.74, 6) is -0.234. The van der Waals surface area contributed by atoms with Crippen LogP contribution in [0.1, 0.15) is 16.8 Å². The normalized spacial score (nSPS) is 19.0. The molecule has 1 aromatic carbocycles. The van der Waals surface area contributed by atoms with Gasteiger partial charge in [0.25, 0.3) is 5.91 Å². The lowest BCUT2D eigenvalue weighted by Gasteiger charge is -2.25. The molecule has 1 amide bonds. The second kappa shape index (κ2) is 6.80. The molecule has 0 aliphatic carbocycles. The summed E-state index contributed by atoms with van der Waals surface area (Å²) >= 11 is 0. The van der Waals surface area contributed by atoms with E-state index in [9.17, 15) is 9.18 Å². The second-order valence-electron chi connectivity index (χ2n) is 6.44. The number of carbonyl (C=O) groups is 1. The van der Waals surface area contributed by atoms with Gasteiger partial charge in [0, 0.05) is 36.8 Å². The zero-order valence-corrected chi connectivity index (χ0v) is 15.1. The zero-order valence-electron chi connectivity index (χ0n) is 15.1. The molecule has 3 heterocycles. The second-order valence-corrected chi connectivity index (χ2v) is 6.44. The van der Waals surface area contributed by atoms with Crippen molar-refractivity contribution < 1.29 is 9.18 Å². The van der Waals surface area contributed by atoms with E-state index in [2.05, 4.69) is 19.9 Å². The van der Waals surface area contributed by atoms with Crippen LogP contribution in [0.2, 0.25) is 0 Å². The van der Waals surface area contributed by atoms with E-state index in [-0.39, 0.29) is 11.9 Å². The average molecular weight is 376 g/mol. The van der Waals surface area contributed by atoms with Crippen molar-refractivity contribution in [3.8, 4) is 11.1 Å². The quantitative estimate of drug-likeness (QED) is 0.751. The zero-order chi connectivity index (χ0) is 19.7. The van der Waals surface area contributed by atoms with Gasteiger partial charge in [0.05, 0.1) is 5.69 Å². The van der Waals surface area contributed by atoms with E-state index in [1.165, 1.54) is 17.4 Å². The highest BCUT2D eigenvalue weighted by molar-refractivity contribution is 6.08. The minimum Gasteiger partial charge on any atom is -0.369 e. The number of alkyl halides is 1. The lowest BCUT2D eigenvalue weighted by atomic mass is 9.84. The Balaban J connectivity index is 1.91. The van der Waals surface area contributed by atoms with Crippen LogP contribution in [0.5, 0.6) is 0 Å². The first-order valence-corrected chi connectivity index (χ1v) is 8.57. The van der Waals surface area contributed by atoms with Gasteiger partial charge in [-0.25, -0.2) is 19.4 Å². The monoisotopic (exact) mass is 376 g/mol. The van der Waals surface area contributed by atoms with Gasteiger partial charge in [-0.2, -0.15) is 0 Å². The number of benzene rings is 1. The van der Waals surface area contributed by atoms with Crippen molar-refractivity contribution in [3.05, 3.63) is 78.1 Å². The Bertz CT molecular complexity index is 1050. The summed E-state index contributed by atoms with van der Waals surface area (Å²) in [5.41, 5.74) is 7.57. The number of amides is 1. The van der Waals surface area contributed by atoms with Crippen molar-refractivity contribution in [3.63, 3.8) is 0 Å². The maximum atomic E-state index is 13.2. The number of nitrogens with two attached hydrogens (primary N) is 1. The van der Waals surface area contributed by atoms with Crippen molar-refractivity contribution in [2.45, 2.75) is 12.2 Å². The molecule has 1 unspecified atom stereocenters. The molecule has 0 spiro atoms. The molecule has 1 aliphatic heterocycles. The smallest absolute Gasteiger partial charge is 0.267 e. The fourth-order valence-electron chi connectivity index (χ4n) is 3.23. The molecule has 1 atom stereocenters. The van der Waals surface area contributed by atoms with E-state index in [1.54, 1.807) is 37.6 Å². The van der Waals surface area contributed by atoms with Crippen LogP contribution in [0.3, 0.4) is 0 Å². The van der Waals surface area contributed by atoms with Crippen molar-refractivity contribution in [2.24, 2.45) is 10.7 Å². The number of carbonyl (C=O) groups excluding carboxylic acids is 1. The molecule has 7 nitrogen and oxygen atoms in total. The van der Waals surface area contributed by atoms with E-state index in [1.807, 2.05) is 18.2 Å². The van der Waals surface area contributed by atoms with Gasteiger partial charge in [-0.05, 0) is 23.3 Å². The number of aliphatic imine (C=N–C) groups is 1. The number of guanidine groups is 1. The number of likely N-dealkylation sites (N-methyl/N-ethyl adjacent to an activating group) is 1. The van der Waals surface area contributed by atoms with Crippen LogP contribution in [-0.2, 0) is 17.0 Å². The molecule has 0 saturated heterocycles. The van der Waals surface area contributed by atoms with Gasteiger partial charge in [-0.1, -0.05) is 24.3 Å². The van der Waals surface area contributed by atoms with Crippen LogP contribution >= 0.6 is 0 Å². The molecule has 0 fully saturated rings. The predicted octanol–water partition coefficient (Wildman–Crippen LogP) is 2.04. The standard InChI is InChI=1S/C20H17FN6O/c1-27-18(28)20(26-19(27)22,17-6-5-13(8-21)9-25-17)16-4-2-3-14(7-16)15-10-23-12-24-11-15/h2-7,9-12H,8H2,1H3,(H2,22,26). The Morgan fingerprint density at radius 2 is 1.89 bits per heavy atom. The van der Waals surface area contributed by atoms with Gasteiger partial charge in [-0.3, -0.25) is 14.7 Å². The summed E-state index contributed by atoms with van der Waals surface area (Å²) in [7, 11) is 1.56. The average Bonchev–Trinajstić information content (AvgIpc) is 2.99. The SMILES string of the molecule is CN1C(=O)C(c2cccc(-c3cncnc3)c2)(c2ccc(CF)cn2)N=C1N. The largest absolute Gasteiger partial charge is 0.369 e. The number of pyridine rings is 1. The summed E-state index contributed by atoms with van der Waals surface area (Å²) in [6, 6.07) is 10.6. The number of aromatic nitrogens is 3. The molecule has 4 rings (SSSR count). The highest BCUT2D eigenvalue weighted by atomic mass is 19.1. The lowest BCUT2D eigenvalue weighted by molar-refractivity contribution is -0.129. The van der Waals surface area contributed by atoms with E-state index >= 15 is 0 Å². The Hall–Kier alpha value is -3.68. The van der Waals surface area contributed by atoms with Gasteiger partial charge >= 0.3 is 0 Å². The topological polar surface area (TPSA) is 97.4 Å². The van der Waals surface area contributed by atoms with Gasteiger partial charge in [-0.15, -0.1) is 0 Å². The minimum atomic E-state index is -1.43. The third-order valence-electron chi connectivity index (χ3n) is 4.76. The maximum absolute atomic E-state index is 13.2. The van der Waals surface area contributed by atoms with Gasteiger partial charge < -0.3 is 5.73 Å². The summed E-state index contributed by atoms with van der Waals surface area (Å²) in [6.45, 7) is -0.636. The third kappa shape index (κ3) is 2.70. The van der Waals surface area contributed by atoms with E-state index in [4.69, 9.17) is 5.73 Å². The van der Waals surface area contributed by atoms with Gasteiger partial charge in [0.1, 0.15) is 13.0 Å². The summed E-state index contributed by atoms with van der Waals surface area (Å²) in [5, 5.41) is 0. The summed E-state index contributed by atoms with van der Waals surface area (Å²) in [6.07, 6.45) is 6.23. The highest BCUT2D eigenvalue weighted by Crippen LogP contribution is 2.39. The number of halogens is 1. The van der Waals surface area contributed by atoms with Crippen molar-refractivity contribution >= 4 is 11.9 Å². The molecular formula is C20H17FN6O. The Morgan fingerprint density at radius 1 is 1.11 bits per heavy atom. The highest BCUT2D eigenvalue weighted by Gasteiger charge is 2.50. The predicted molar refractivity (Wildman–Crippen MR) is 102 cm³/mol. The molecule has 2 aromatic heterocycles. The molecule has 0 bridgehead atoms. The molecular weight excluding hydrogens is 359 g/mol. The summed E-state index contributed by atoms with van der Waals surface area (Å²) < 4.78 is 12.9. The fraction of sp³-hybridized carbons (Fsp3) is 0.150. The number of nitrogens with zero attached hydrogens (tertiary/aromatic N) is 5. The molecule has 2 N–H and O–H groups in total. The third-order valence-corrected chi connectivity index (χ3v) is 4.76. The van der Waals surface area contributed by atoms with E-state index < -0.39 is 12.2 Å². The minimum absolute atomic E-state index is 0.0924. The first kappa shape index (κ1) is 17.7. The molecule has 1 aliphatic rings. The molecule has 0 saturated carbocycles. The molecule has 0 radical (unpaired) electrons. The maximum Gasteiger partial charge on any atom is 0.267 e. The van der Waals surface area contributed by atoms with Crippen molar-refractivity contribution in [1.29, 1.82) is 0 Å². The van der Waals surface area contributed by atoms with Crippen LogP contribution in [0.4, 0.5) is 4.39 Å². The van der Waals surface area contributed by atoms with E-state index in [0.717, 1.165) is 11.1 Å². The molecule has 3 aromatic rings. The van der Waals surface area contributed by atoms with Crippen LogP contribution in [0.25, 0.3) is 11.1 Å². The fourth-order valence-corrected chi connectivity index (χ4v) is 3.23. The number of rotatable bonds is 4. The van der Waals surface area contributed by atoms with Crippen LogP contribution in [-0.4, -0.2) is 38.8 Å². The first-order valence-electron chi connectivity index (χ1n) is 8.57. The van der Waals surface area contributed by atoms with Crippen LogP contribution in [0, 0.1) is 0 Å². The van der Waals surface area contributed by atoms with Gasteiger partial charge in [0.2, 0.25) is 5.54 Å². The Kier molecular flexibility index (Phi) is 4.31. The molecule has 28 heavy (non-hydrogen) atoms. The molecule has 8 heteroatoms. The number of hydrogen-bond donors (Lipinski definition) is 1. The Labute approximate surface area is 160 Å². The van der Waals surface area contributed by atoms with Crippen molar-refractivity contribution in [2.75, 3.05) is 7.05 Å². The van der Waals surface area contributed by atoms with Crippen LogP contribution in [0.15, 0.2) is 66.3 Å². The van der Waals surface area contributed by atoms with Crippen LogP contribution < -0.4 is 5.73 Å². The molecule has 140 valence electrons.